The van der Waals surface area contributed by atoms with E-state index in [0.29, 0.717) is 6.61 Å². The molecule has 94 valence electrons. The zero-order valence-electron chi connectivity index (χ0n) is 10.4. The summed E-state index contributed by atoms with van der Waals surface area (Å²) in [6, 6.07) is 8.09. The van der Waals surface area contributed by atoms with Gasteiger partial charge in [-0.2, -0.15) is 0 Å². The van der Waals surface area contributed by atoms with Crippen LogP contribution >= 0.6 is 22.6 Å². The first-order valence-electron chi connectivity index (χ1n) is 5.72. The van der Waals surface area contributed by atoms with Gasteiger partial charge in [0.2, 0.25) is 0 Å². The Balaban J connectivity index is 2.56. The Bertz CT molecular complexity index is 364. The maximum Gasteiger partial charge on any atom is 0.322 e. The zero-order valence-corrected chi connectivity index (χ0v) is 12.5. The van der Waals surface area contributed by atoms with E-state index in [-0.39, 0.29) is 18.1 Å². The lowest BCUT2D eigenvalue weighted by molar-refractivity contribution is -0.145. The largest absolute Gasteiger partial charge is 0.465 e. The molecule has 3 nitrogen and oxygen atoms in total. The van der Waals surface area contributed by atoms with Gasteiger partial charge in [0.15, 0.2) is 0 Å². The smallest absolute Gasteiger partial charge is 0.322 e. The highest BCUT2D eigenvalue weighted by Gasteiger charge is 2.16. The third kappa shape index (κ3) is 4.63. The molecule has 0 aliphatic rings. The summed E-state index contributed by atoms with van der Waals surface area (Å²) in [6.07, 6.45) is 0. The Labute approximate surface area is 116 Å². The lowest BCUT2D eigenvalue weighted by atomic mass is 10.1. The second-order valence-electron chi connectivity index (χ2n) is 3.91. The molecule has 4 heteroatoms. The van der Waals surface area contributed by atoms with Gasteiger partial charge in [-0.1, -0.05) is 12.1 Å². The van der Waals surface area contributed by atoms with E-state index in [0.717, 1.165) is 0 Å². The Morgan fingerprint density at radius 1 is 1.35 bits per heavy atom. The number of esters is 1. The van der Waals surface area contributed by atoms with Crippen molar-refractivity contribution in [3.8, 4) is 0 Å². The molecule has 1 rings (SSSR count). The molecule has 0 saturated carbocycles. The summed E-state index contributed by atoms with van der Waals surface area (Å²) in [4.78, 5) is 11.5. The van der Waals surface area contributed by atoms with Crippen molar-refractivity contribution in [1.82, 2.24) is 5.32 Å². The molecule has 0 amide bonds. The molecule has 0 saturated heterocycles. The lowest BCUT2D eigenvalue weighted by Crippen LogP contribution is -2.37. The molecule has 0 aromatic heterocycles. The third-order valence-electron chi connectivity index (χ3n) is 2.51. The fourth-order valence-electron chi connectivity index (χ4n) is 1.56. The van der Waals surface area contributed by atoms with E-state index in [1.165, 1.54) is 9.13 Å². The van der Waals surface area contributed by atoms with E-state index < -0.39 is 0 Å². The molecule has 17 heavy (non-hydrogen) atoms. The van der Waals surface area contributed by atoms with Crippen LogP contribution in [-0.2, 0) is 9.53 Å². The second-order valence-corrected chi connectivity index (χ2v) is 5.16. The van der Waals surface area contributed by atoms with Crippen molar-refractivity contribution in [3.05, 3.63) is 33.4 Å². The van der Waals surface area contributed by atoms with E-state index >= 15 is 0 Å². The van der Waals surface area contributed by atoms with Crippen molar-refractivity contribution in [2.24, 2.45) is 0 Å². The number of carbonyl (C=O) groups excluding carboxylic acids is 1. The van der Waals surface area contributed by atoms with Crippen molar-refractivity contribution in [1.29, 1.82) is 0 Å². The van der Waals surface area contributed by atoms with Gasteiger partial charge >= 0.3 is 5.97 Å². The zero-order chi connectivity index (χ0) is 12.8. The van der Waals surface area contributed by atoms with Crippen LogP contribution in [0, 0.1) is 3.57 Å². The normalized spacial score (nSPS) is 14.1. The van der Waals surface area contributed by atoms with Crippen LogP contribution in [0.1, 0.15) is 32.4 Å². The summed E-state index contributed by atoms with van der Waals surface area (Å²) < 4.78 is 6.16. The fraction of sp³-hybridized carbons (Fsp3) is 0.462. The molecule has 0 spiro atoms. The minimum atomic E-state index is -0.288. The van der Waals surface area contributed by atoms with Crippen LogP contribution in [0.3, 0.4) is 0 Å². The van der Waals surface area contributed by atoms with E-state index in [9.17, 15) is 4.79 Å². The molecule has 0 radical (unpaired) electrons. The van der Waals surface area contributed by atoms with Crippen molar-refractivity contribution < 1.29 is 9.53 Å². The standard InChI is InChI=1S/C13H18INO2/c1-4-17-13(16)10(3)15-9(2)11-5-7-12(14)8-6-11/h5-10,15H,4H2,1-3H3. The Morgan fingerprint density at radius 3 is 2.47 bits per heavy atom. The quantitative estimate of drug-likeness (QED) is 0.658. The molecule has 0 heterocycles. The molecular weight excluding hydrogens is 329 g/mol. The first-order valence-corrected chi connectivity index (χ1v) is 6.80. The molecule has 0 fully saturated rings. The first-order chi connectivity index (χ1) is 8.04. The summed E-state index contributed by atoms with van der Waals surface area (Å²) in [7, 11) is 0. The SMILES string of the molecule is CCOC(=O)C(C)NC(C)c1ccc(I)cc1. The number of carbonyl (C=O) groups is 1. The number of rotatable bonds is 5. The highest BCUT2D eigenvalue weighted by molar-refractivity contribution is 14.1. The van der Waals surface area contributed by atoms with Gasteiger partial charge in [0.05, 0.1) is 6.61 Å². The molecule has 1 aromatic rings. The van der Waals surface area contributed by atoms with Gasteiger partial charge < -0.3 is 4.74 Å². The fourth-order valence-corrected chi connectivity index (χ4v) is 1.92. The van der Waals surface area contributed by atoms with Crippen molar-refractivity contribution >= 4 is 28.6 Å². The van der Waals surface area contributed by atoms with Gasteiger partial charge in [-0.05, 0) is 61.1 Å². The highest BCUT2D eigenvalue weighted by Crippen LogP contribution is 2.15. The number of halogens is 1. The summed E-state index contributed by atoms with van der Waals surface area (Å²) in [6.45, 7) is 6.09. The first kappa shape index (κ1) is 14.4. The predicted molar refractivity (Wildman–Crippen MR) is 76.8 cm³/mol. The van der Waals surface area contributed by atoms with Crippen LogP contribution in [0.15, 0.2) is 24.3 Å². The molecule has 1 N–H and O–H groups in total. The monoisotopic (exact) mass is 347 g/mol. The highest BCUT2D eigenvalue weighted by atomic mass is 127. The van der Waals surface area contributed by atoms with Crippen LogP contribution < -0.4 is 5.32 Å². The number of benzene rings is 1. The summed E-state index contributed by atoms with van der Waals surface area (Å²) in [5, 5.41) is 3.22. The molecular formula is C13H18INO2. The average Bonchev–Trinajstić information content (AvgIpc) is 2.30. The predicted octanol–water partition coefficient (Wildman–Crippen LogP) is 2.89. The van der Waals surface area contributed by atoms with Crippen LogP contribution in [-0.4, -0.2) is 18.6 Å². The van der Waals surface area contributed by atoms with Crippen molar-refractivity contribution in [3.63, 3.8) is 0 Å². The molecule has 0 aliphatic heterocycles. The Morgan fingerprint density at radius 2 is 1.94 bits per heavy atom. The summed E-state index contributed by atoms with van der Waals surface area (Å²) in [5.74, 6) is -0.204. The maximum atomic E-state index is 11.5. The van der Waals surface area contributed by atoms with Gasteiger partial charge in [0, 0.05) is 9.61 Å². The number of hydrogen-bond donors (Lipinski definition) is 1. The van der Waals surface area contributed by atoms with E-state index in [2.05, 4.69) is 52.2 Å². The van der Waals surface area contributed by atoms with E-state index in [4.69, 9.17) is 4.74 Å². The minimum absolute atomic E-state index is 0.131. The van der Waals surface area contributed by atoms with Gasteiger partial charge in [0.25, 0.3) is 0 Å². The van der Waals surface area contributed by atoms with Gasteiger partial charge in [-0.25, -0.2) is 0 Å². The van der Waals surface area contributed by atoms with Crippen molar-refractivity contribution in [2.75, 3.05) is 6.61 Å². The molecule has 2 unspecified atom stereocenters. The van der Waals surface area contributed by atoms with E-state index in [1.54, 1.807) is 0 Å². The molecule has 0 aliphatic carbocycles. The number of nitrogens with one attached hydrogen (secondary N) is 1. The Kier molecular flexibility index (Phi) is 5.91. The van der Waals surface area contributed by atoms with Crippen LogP contribution in [0.2, 0.25) is 0 Å². The van der Waals surface area contributed by atoms with Gasteiger partial charge in [-0.3, -0.25) is 10.1 Å². The second kappa shape index (κ2) is 6.96. The lowest BCUT2D eigenvalue weighted by Gasteiger charge is -2.19. The molecule has 2 atom stereocenters. The Hall–Kier alpha value is -0.620. The van der Waals surface area contributed by atoms with Crippen LogP contribution in [0.5, 0.6) is 0 Å². The maximum absolute atomic E-state index is 11.5. The van der Waals surface area contributed by atoms with Gasteiger partial charge in [0.1, 0.15) is 6.04 Å². The third-order valence-corrected chi connectivity index (χ3v) is 3.23. The van der Waals surface area contributed by atoms with E-state index in [1.807, 2.05) is 20.8 Å². The topological polar surface area (TPSA) is 38.3 Å². The molecule has 1 aromatic carbocycles. The number of hydrogen-bond acceptors (Lipinski definition) is 3. The number of ether oxygens (including phenoxy) is 1. The van der Waals surface area contributed by atoms with Crippen LogP contribution in [0.25, 0.3) is 0 Å². The molecule has 0 bridgehead atoms. The van der Waals surface area contributed by atoms with Gasteiger partial charge in [-0.15, -0.1) is 0 Å². The average molecular weight is 347 g/mol. The van der Waals surface area contributed by atoms with Crippen molar-refractivity contribution in [2.45, 2.75) is 32.9 Å². The summed E-state index contributed by atoms with van der Waals surface area (Å²) >= 11 is 2.27. The minimum Gasteiger partial charge on any atom is -0.465 e. The van der Waals surface area contributed by atoms with Crippen LogP contribution in [0.4, 0.5) is 0 Å². The summed E-state index contributed by atoms with van der Waals surface area (Å²) in [5.41, 5.74) is 1.17.